The van der Waals surface area contributed by atoms with E-state index < -0.39 is 102 Å². The highest BCUT2D eigenvalue weighted by Gasteiger charge is 2.35. The van der Waals surface area contributed by atoms with Gasteiger partial charge >= 0.3 is 5.97 Å². The van der Waals surface area contributed by atoms with Gasteiger partial charge in [0.05, 0.1) is 12.7 Å². The Kier molecular flexibility index (Phi) is 23.0. The minimum Gasteiger partial charge on any atom is -0.480 e. The topological polar surface area (TPSA) is 363 Å². The standard InChI is InChI=1S/C48H67N13O10/c1-3-4-18-33(55-29(2)62)41(64)61-39-26-40(63)52-21-12-11-19-35(47(70)71)57-43(66)36(23-30-14-7-5-8-15-30)59-44(67)37(24-31-16-9-6-10-17-31)58-42(65)34(20-13-22-53-48(49)50)56-45(68)38(60-46(39)69)25-32-27-51-28-54-32/h5-10,14-17,27-28,33-39H,3-4,11-13,18-26H2,1-2H3,(H,51,54)(H,52,63)(H,55,62)(H,56,68)(H,57,66)(H,58,65)(H,59,67)(H,60,69)(H,61,64)(H,70,71)(H4,49,50,53)/t33-,34-,35-,36-,37+,38-,39-/m0/s1. The number of aromatic nitrogens is 2. The molecule has 0 spiro atoms. The van der Waals surface area contributed by atoms with Crippen molar-refractivity contribution in [3.05, 3.63) is 90.0 Å². The molecule has 1 aliphatic rings. The number of imidazole rings is 1. The molecule has 1 fully saturated rings. The molecule has 384 valence electrons. The molecule has 0 aliphatic carbocycles. The van der Waals surface area contributed by atoms with Crippen LogP contribution in [0.5, 0.6) is 0 Å². The molecule has 0 saturated carbocycles. The molecule has 0 radical (unpaired) electrons. The number of carboxylic acid groups (broad SMARTS) is 1. The van der Waals surface area contributed by atoms with Crippen molar-refractivity contribution < 1.29 is 48.3 Å². The summed E-state index contributed by atoms with van der Waals surface area (Å²) in [4.78, 5) is 134. The quantitative estimate of drug-likeness (QED) is 0.0434. The maximum Gasteiger partial charge on any atom is 0.326 e. The zero-order chi connectivity index (χ0) is 51.7. The van der Waals surface area contributed by atoms with Crippen LogP contribution in [0.4, 0.5) is 0 Å². The molecule has 3 aromatic rings. The molecule has 14 N–H and O–H groups in total. The van der Waals surface area contributed by atoms with Gasteiger partial charge < -0.3 is 64.1 Å². The van der Waals surface area contributed by atoms with Crippen molar-refractivity contribution in [1.82, 2.24) is 52.5 Å². The highest BCUT2D eigenvalue weighted by molar-refractivity contribution is 5.98. The van der Waals surface area contributed by atoms with Crippen LogP contribution in [-0.2, 0) is 62.4 Å². The first kappa shape index (κ1) is 55.7. The largest absolute Gasteiger partial charge is 0.480 e. The van der Waals surface area contributed by atoms with Gasteiger partial charge in [-0.1, -0.05) is 80.4 Å². The van der Waals surface area contributed by atoms with E-state index in [4.69, 9.17) is 11.5 Å². The number of nitrogens with two attached hydrogens (primary N) is 2. The van der Waals surface area contributed by atoms with Crippen LogP contribution in [-0.4, -0.2) is 130 Å². The van der Waals surface area contributed by atoms with Gasteiger partial charge in [-0.2, -0.15) is 0 Å². The van der Waals surface area contributed by atoms with E-state index in [1.165, 1.54) is 19.4 Å². The van der Waals surface area contributed by atoms with Gasteiger partial charge in [0.15, 0.2) is 5.96 Å². The Morgan fingerprint density at radius 3 is 1.87 bits per heavy atom. The number of guanidine groups is 1. The third-order valence-corrected chi connectivity index (χ3v) is 11.4. The van der Waals surface area contributed by atoms with Gasteiger partial charge in [0, 0.05) is 51.2 Å². The first-order valence-corrected chi connectivity index (χ1v) is 23.7. The number of nitrogens with one attached hydrogen (secondary N) is 9. The third kappa shape index (κ3) is 20.0. The van der Waals surface area contributed by atoms with Crippen molar-refractivity contribution >= 4 is 59.2 Å². The molecular formula is C48H67N13O10. The van der Waals surface area contributed by atoms with Crippen LogP contribution < -0.4 is 54.0 Å². The number of aromatic amines is 1. The molecule has 71 heavy (non-hydrogen) atoms. The lowest BCUT2D eigenvalue weighted by molar-refractivity contribution is -0.142. The number of unbranched alkanes of at least 4 members (excludes halogenated alkanes) is 1. The molecule has 23 nitrogen and oxygen atoms in total. The summed E-state index contributed by atoms with van der Waals surface area (Å²) in [6.45, 7) is 3.18. The van der Waals surface area contributed by atoms with Crippen LogP contribution in [0, 0.1) is 0 Å². The number of hydrogen-bond donors (Lipinski definition) is 12. The van der Waals surface area contributed by atoms with Gasteiger partial charge in [-0.25, -0.2) is 9.78 Å². The van der Waals surface area contributed by atoms with Crippen LogP contribution in [0.25, 0.3) is 0 Å². The highest BCUT2D eigenvalue weighted by atomic mass is 16.4. The summed E-state index contributed by atoms with van der Waals surface area (Å²) in [5.74, 6) is -7.77. The maximum absolute atomic E-state index is 14.5. The third-order valence-electron chi connectivity index (χ3n) is 11.4. The number of aliphatic imine (C=N–C) groups is 1. The molecule has 7 atom stereocenters. The van der Waals surface area contributed by atoms with Crippen LogP contribution in [0.15, 0.2) is 78.2 Å². The van der Waals surface area contributed by atoms with Crippen molar-refractivity contribution in [3.8, 4) is 0 Å². The van der Waals surface area contributed by atoms with Crippen molar-refractivity contribution in [2.24, 2.45) is 16.5 Å². The Labute approximate surface area is 411 Å². The van der Waals surface area contributed by atoms with E-state index in [2.05, 4.69) is 57.5 Å². The van der Waals surface area contributed by atoms with Gasteiger partial charge in [0.1, 0.15) is 42.3 Å². The molecule has 4 rings (SSSR count). The Bertz CT molecular complexity index is 2280. The second-order valence-electron chi connectivity index (χ2n) is 17.3. The van der Waals surface area contributed by atoms with E-state index in [0.717, 1.165) is 0 Å². The monoisotopic (exact) mass is 986 g/mol. The number of hydrogen-bond acceptors (Lipinski definition) is 11. The first-order valence-electron chi connectivity index (χ1n) is 23.7. The average molecular weight is 986 g/mol. The number of rotatable bonds is 17. The van der Waals surface area contributed by atoms with E-state index in [9.17, 15) is 48.3 Å². The van der Waals surface area contributed by atoms with Crippen molar-refractivity contribution in [2.75, 3.05) is 13.1 Å². The molecule has 23 heteroatoms. The molecule has 2 aromatic carbocycles. The van der Waals surface area contributed by atoms with Gasteiger partial charge in [-0.05, 0) is 49.7 Å². The number of carbonyl (C=O) groups is 9. The molecule has 1 aliphatic heterocycles. The first-order chi connectivity index (χ1) is 34.0. The van der Waals surface area contributed by atoms with Gasteiger partial charge in [0.2, 0.25) is 47.3 Å². The van der Waals surface area contributed by atoms with Gasteiger partial charge in [-0.15, -0.1) is 0 Å². The fraction of sp³-hybridized carbons (Fsp3) is 0.479. The van der Waals surface area contributed by atoms with Gasteiger partial charge in [-0.3, -0.25) is 43.3 Å². The van der Waals surface area contributed by atoms with E-state index >= 15 is 0 Å². The number of amides is 8. The fourth-order valence-electron chi connectivity index (χ4n) is 7.70. The minimum absolute atomic E-state index is 0.0123. The van der Waals surface area contributed by atoms with E-state index in [-0.39, 0.29) is 76.8 Å². The van der Waals surface area contributed by atoms with E-state index in [1.54, 1.807) is 60.7 Å². The maximum atomic E-state index is 14.5. The smallest absolute Gasteiger partial charge is 0.326 e. The Hall–Kier alpha value is -7.85. The Morgan fingerprint density at radius 2 is 1.32 bits per heavy atom. The summed E-state index contributed by atoms with van der Waals surface area (Å²) >= 11 is 0. The number of H-pyrrole nitrogens is 1. The summed E-state index contributed by atoms with van der Waals surface area (Å²) in [5, 5.41) is 31.4. The predicted octanol–water partition coefficient (Wildman–Crippen LogP) is -1.13. The lowest BCUT2D eigenvalue weighted by atomic mass is 10.0. The molecule has 0 bridgehead atoms. The fourth-order valence-corrected chi connectivity index (χ4v) is 7.70. The molecule has 1 aromatic heterocycles. The Morgan fingerprint density at radius 1 is 0.761 bits per heavy atom. The number of aliphatic carboxylic acids is 1. The number of carboxylic acids is 1. The van der Waals surface area contributed by atoms with Crippen LogP contribution in [0.3, 0.4) is 0 Å². The van der Waals surface area contributed by atoms with E-state index in [1.807, 2.05) is 6.92 Å². The zero-order valence-corrected chi connectivity index (χ0v) is 40.0. The van der Waals surface area contributed by atoms with Gasteiger partial charge in [0.25, 0.3) is 0 Å². The molecule has 8 amide bonds. The lowest BCUT2D eigenvalue weighted by Crippen LogP contribution is -2.61. The molecule has 0 unspecified atom stereocenters. The second kappa shape index (κ2) is 29.2. The van der Waals surface area contributed by atoms with Crippen molar-refractivity contribution in [3.63, 3.8) is 0 Å². The molecule has 1 saturated heterocycles. The predicted molar refractivity (Wildman–Crippen MR) is 260 cm³/mol. The summed E-state index contributed by atoms with van der Waals surface area (Å²) in [7, 11) is 0. The highest BCUT2D eigenvalue weighted by Crippen LogP contribution is 2.12. The lowest BCUT2D eigenvalue weighted by Gasteiger charge is -2.28. The summed E-state index contributed by atoms with van der Waals surface area (Å²) in [6, 6.07) is 7.83. The summed E-state index contributed by atoms with van der Waals surface area (Å²) < 4.78 is 0. The zero-order valence-electron chi connectivity index (χ0n) is 40.0. The molecular weight excluding hydrogens is 919 g/mol. The normalized spacial score (nSPS) is 21.6. The van der Waals surface area contributed by atoms with Crippen LogP contribution >= 0.6 is 0 Å². The summed E-state index contributed by atoms with van der Waals surface area (Å²) in [6.07, 6.45) is 3.68. The van der Waals surface area contributed by atoms with Crippen molar-refractivity contribution in [1.29, 1.82) is 0 Å². The molecule has 2 heterocycles. The number of carbonyl (C=O) groups excluding carboxylic acids is 8. The number of benzene rings is 2. The second-order valence-corrected chi connectivity index (χ2v) is 17.3. The van der Waals surface area contributed by atoms with Crippen LogP contribution in [0.1, 0.15) is 88.5 Å². The van der Waals surface area contributed by atoms with Crippen molar-refractivity contribution in [2.45, 2.75) is 133 Å². The summed E-state index contributed by atoms with van der Waals surface area (Å²) in [5.41, 5.74) is 12.8. The van der Waals surface area contributed by atoms with Crippen LogP contribution in [0.2, 0.25) is 0 Å². The minimum atomic E-state index is -1.59. The SMILES string of the molecule is CCCC[C@H](NC(C)=O)C(=O)N[C@H]1CC(=O)NCCCC[C@@H](C(=O)O)NC(=O)[C@H](Cc2ccccc2)NC(=O)[C@@H](Cc2ccccc2)NC(=O)[C@H](CCCN=C(N)N)NC(=O)[C@H](Cc2cnc[nH]2)NC1=O. The number of nitrogens with zero attached hydrogens (tertiary/aromatic N) is 2. The Balaban J connectivity index is 1.78. The van der Waals surface area contributed by atoms with E-state index in [0.29, 0.717) is 29.7 Å². The average Bonchev–Trinajstić information content (AvgIpc) is 3.85.